The van der Waals surface area contributed by atoms with E-state index in [4.69, 9.17) is 5.11 Å². The van der Waals surface area contributed by atoms with E-state index >= 15 is 0 Å². The molecule has 1 atom stereocenters. The van der Waals surface area contributed by atoms with Gasteiger partial charge in [0.25, 0.3) is 5.91 Å². The Morgan fingerprint density at radius 3 is 2.61 bits per heavy atom. The van der Waals surface area contributed by atoms with Crippen molar-refractivity contribution in [2.75, 3.05) is 13.7 Å². The fourth-order valence-corrected chi connectivity index (χ4v) is 1.26. The number of nitrogens with one attached hydrogen (secondary N) is 1. The molecule has 0 aliphatic carbocycles. The maximum atomic E-state index is 11.7. The first-order valence-electron chi connectivity index (χ1n) is 5.01. The van der Waals surface area contributed by atoms with Gasteiger partial charge in [0.05, 0.1) is 19.3 Å². The van der Waals surface area contributed by atoms with Crippen LogP contribution >= 0.6 is 0 Å². The Kier molecular flexibility index (Phi) is 4.50. The number of hydrogen-bond acceptors (Lipinski definition) is 6. The number of ether oxygens (including phenoxy) is 1. The van der Waals surface area contributed by atoms with Crippen LogP contribution in [-0.2, 0) is 9.53 Å². The first-order chi connectivity index (χ1) is 8.49. The Bertz CT molecular complexity index is 459. The van der Waals surface area contributed by atoms with Crippen LogP contribution in [0.15, 0.2) is 18.2 Å². The molecule has 7 nitrogen and oxygen atoms in total. The Balaban J connectivity index is 2.87. The van der Waals surface area contributed by atoms with Crippen LogP contribution < -0.4 is 5.32 Å². The van der Waals surface area contributed by atoms with Crippen LogP contribution in [-0.4, -0.2) is 47.0 Å². The van der Waals surface area contributed by atoms with Crippen LogP contribution in [0, 0.1) is 0 Å². The van der Waals surface area contributed by atoms with Gasteiger partial charge in [0.2, 0.25) is 0 Å². The average molecular weight is 255 g/mol. The van der Waals surface area contributed by atoms with Crippen molar-refractivity contribution in [2.24, 2.45) is 0 Å². The maximum Gasteiger partial charge on any atom is 0.330 e. The summed E-state index contributed by atoms with van der Waals surface area (Å²) in [4.78, 5) is 22.9. The van der Waals surface area contributed by atoms with Gasteiger partial charge in [-0.15, -0.1) is 0 Å². The van der Waals surface area contributed by atoms with Gasteiger partial charge in [-0.05, 0) is 18.2 Å². The number of rotatable bonds is 4. The SMILES string of the molecule is COC(=O)C(CO)NC(=O)c1cc(O)ccc1O. The van der Waals surface area contributed by atoms with Gasteiger partial charge < -0.3 is 25.4 Å². The number of aromatic hydroxyl groups is 2. The van der Waals surface area contributed by atoms with E-state index < -0.39 is 24.5 Å². The molecular formula is C11H13NO6. The molecule has 98 valence electrons. The van der Waals surface area contributed by atoms with Gasteiger partial charge in [0, 0.05) is 0 Å². The molecule has 0 fully saturated rings. The van der Waals surface area contributed by atoms with Crippen molar-refractivity contribution in [1.82, 2.24) is 5.32 Å². The van der Waals surface area contributed by atoms with Gasteiger partial charge in [-0.25, -0.2) is 4.79 Å². The van der Waals surface area contributed by atoms with Gasteiger partial charge in [0.1, 0.15) is 11.5 Å². The van der Waals surface area contributed by atoms with E-state index in [9.17, 15) is 19.8 Å². The zero-order chi connectivity index (χ0) is 13.7. The highest BCUT2D eigenvalue weighted by molar-refractivity contribution is 5.99. The fraction of sp³-hybridized carbons (Fsp3) is 0.273. The topological polar surface area (TPSA) is 116 Å². The summed E-state index contributed by atoms with van der Waals surface area (Å²) in [6.07, 6.45) is 0. The molecule has 18 heavy (non-hydrogen) atoms. The molecule has 7 heteroatoms. The van der Waals surface area contributed by atoms with Crippen LogP contribution in [0.25, 0.3) is 0 Å². The number of carbonyl (C=O) groups is 2. The van der Waals surface area contributed by atoms with Gasteiger partial charge >= 0.3 is 5.97 Å². The lowest BCUT2D eigenvalue weighted by Crippen LogP contribution is -2.44. The highest BCUT2D eigenvalue weighted by Gasteiger charge is 2.22. The Labute approximate surface area is 103 Å². The van der Waals surface area contributed by atoms with Crippen molar-refractivity contribution in [2.45, 2.75) is 6.04 Å². The van der Waals surface area contributed by atoms with Crippen LogP contribution in [0.5, 0.6) is 11.5 Å². The summed E-state index contributed by atoms with van der Waals surface area (Å²) in [6.45, 7) is -0.641. The largest absolute Gasteiger partial charge is 0.508 e. The van der Waals surface area contributed by atoms with Crippen molar-refractivity contribution < 1.29 is 29.6 Å². The van der Waals surface area contributed by atoms with Crippen molar-refractivity contribution >= 4 is 11.9 Å². The Hall–Kier alpha value is -2.28. The number of aliphatic hydroxyl groups is 1. The molecule has 1 aromatic carbocycles. The molecule has 0 heterocycles. The Morgan fingerprint density at radius 1 is 1.39 bits per heavy atom. The second kappa shape index (κ2) is 5.87. The molecule has 1 aromatic rings. The highest BCUT2D eigenvalue weighted by Crippen LogP contribution is 2.21. The van der Waals surface area contributed by atoms with Crippen LogP contribution in [0.1, 0.15) is 10.4 Å². The van der Waals surface area contributed by atoms with Gasteiger partial charge in [0.15, 0.2) is 6.04 Å². The first-order valence-corrected chi connectivity index (χ1v) is 5.01. The monoisotopic (exact) mass is 255 g/mol. The minimum Gasteiger partial charge on any atom is -0.508 e. The van der Waals surface area contributed by atoms with E-state index in [-0.39, 0.29) is 17.1 Å². The third-order valence-corrected chi connectivity index (χ3v) is 2.20. The zero-order valence-electron chi connectivity index (χ0n) is 9.58. The number of aliphatic hydroxyl groups excluding tert-OH is 1. The third-order valence-electron chi connectivity index (χ3n) is 2.20. The second-order valence-electron chi connectivity index (χ2n) is 3.43. The fourth-order valence-electron chi connectivity index (χ4n) is 1.26. The van der Waals surface area contributed by atoms with E-state index in [1.165, 1.54) is 6.07 Å². The van der Waals surface area contributed by atoms with Gasteiger partial charge in [-0.3, -0.25) is 4.79 Å². The summed E-state index contributed by atoms with van der Waals surface area (Å²) in [5.74, 6) is -2.19. The maximum absolute atomic E-state index is 11.7. The number of phenolic OH excluding ortho intramolecular Hbond substituents is 2. The summed E-state index contributed by atoms with van der Waals surface area (Å²) < 4.78 is 4.37. The molecule has 0 radical (unpaired) electrons. The molecule has 1 unspecified atom stereocenters. The molecule has 1 amide bonds. The summed E-state index contributed by atoms with van der Waals surface area (Å²) in [6, 6.07) is 2.15. The third kappa shape index (κ3) is 3.11. The zero-order valence-corrected chi connectivity index (χ0v) is 9.58. The van der Waals surface area contributed by atoms with Gasteiger partial charge in [-0.2, -0.15) is 0 Å². The standard InChI is InChI=1S/C11H13NO6/c1-18-11(17)8(5-13)12-10(16)7-4-6(14)2-3-9(7)15/h2-4,8,13-15H,5H2,1H3,(H,12,16). The number of benzene rings is 1. The predicted octanol–water partition coefficient (Wildman–Crippen LogP) is -0.639. The van der Waals surface area contributed by atoms with Crippen LogP contribution in [0.4, 0.5) is 0 Å². The molecular weight excluding hydrogens is 242 g/mol. The molecule has 0 aliphatic rings. The lowest BCUT2D eigenvalue weighted by Gasteiger charge is -2.14. The number of phenols is 2. The van der Waals surface area contributed by atoms with Crippen molar-refractivity contribution in [3.05, 3.63) is 23.8 Å². The molecule has 0 spiro atoms. The number of amides is 1. The molecule has 1 rings (SSSR count). The average Bonchev–Trinajstić information content (AvgIpc) is 2.37. The normalized spacial score (nSPS) is 11.7. The minimum absolute atomic E-state index is 0.211. The Morgan fingerprint density at radius 2 is 2.06 bits per heavy atom. The predicted molar refractivity (Wildman–Crippen MR) is 60.1 cm³/mol. The van der Waals surface area contributed by atoms with Crippen molar-refractivity contribution in [3.63, 3.8) is 0 Å². The lowest BCUT2D eigenvalue weighted by atomic mass is 10.1. The molecule has 0 saturated carbocycles. The summed E-state index contributed by atoms with van der Waals surface area (Å²) >= 11 is 0. The lowest BCUT2D eigenvalue weighted by molar-refractivity contribution is -0.143. The molecule has 0 saturated heterocycles. The summed E-state index contributed by atoms with van der Waals surface area (Å²) in [7, 11) is 1.11. The smallest absolute Gasteiger partial charge is 0.330 e. The van der Waals surface area contributed by atoms with Crippen LogP contribution in [0.3, 0.4) is 0 Å². The van der Waals surface area contributed by atoms with E-state index in [1.54, 1.807) is 0 Å². The van der Waals surface area contributed by atoms with Crippen LogP contribution in [0.2, 0.25) is 0 Å². The van der Waals surface area contributed by atoms with Crippen molar-refractivity contribution in [3.8, 4) is 11.5 Å². The van der Waals surface area contributed by atoms with E-state index in [1.807, 2.05) is 0 Å². The molecule has 0 bridgehead atoms. The number of carbonyl (C=O) groups excluding carboxylic acids is 2. The second-order valence-corrected chi connectivity index (χ2v) is 3.43. The van der Waals surface area contributed by atoms with Crippen molar-refractivity contribution in [1.29, 1.82) is 0 Å². The number of hydrogen-bond donors (Lipinski definition) is 4. The highest BCUT2D eigenvalue weighted by atomic mass is 16.5. The summed E-state index contributed by atoms with van der Waals surface area (Å²) in [5, 5.41) is 29.7. The van der Waals surface area contributed by atoms with E-state index in [0.29, 0.717) is 0 Å². The minimum atomic E-state index is -1.23. The molecule has 0 aliphatic heterocycles. The quantitative estimate of drug-likeness (QED) is 0.420. The number of esters is 1. The first kappa shape index (κ1) is 13.8. The number of methoxy groups -OCH3 is 1. The van der Waals surface area contributed by atoms with Gasteiger partial charge in [-0.1, -0.05) is 0 Å². The van der Waals surface area contributed by atoms with E-state index in [2.05, 4.69) is 10.1 Å². The molecule has 4 N–H and O–H groups in total. The molecule has 0 aromatic heterocycles. The summed E-state index contributed by atoms with van der Waals surface area (Å²) in [5.41, 5.74) is -0.211. The van der Waals surface area contributed by atoms with E-state index in [0.717, 1.165) is 19.2 Å².